The first-order valence-corrected chi connectivity index (χ1v) is 7.99. The van der Waals surface area contributed by atoms with Crippen LogP contribution in [0.2, 0.25) is 0 Å². The van der Waals surface area contributed by atoms with Gasteiger partial charge in [-0.3, -0.25) is 4.68 Å². The number of nitrogens with one attached hydrogen (secondary N) is 1. The van der Waals surface area contributed by atoms with Crippen molar-refractivity contribution in [3.63, 3.8) is 0 Å². The van der Waals surface area contributed by atoms with Crippen LogP contribution in [0, 0.1) is 6.92 Å². The summed E-state index contributed by atoms with van der Waals surface area (Å²) >= 11 is 0. The molecule has 0 aromatic carbocycles. The van der Waals surface area contributed by atoms with Gasteiger partial charge in [0.25, 0.3) is 0 Å². The van der Waals surface area contributed by atoms with Crippen molar-refractivity contribution < 1.29 is 4.74 Å². The minimum atomic E-state index is -0.0506. The molecular weight excluding hydrogens is 250 g/mol. The predicted molar refractivity (Wildman–Crippen MR) is 82.0 cm³/mol. The molecule has 1 aliphatic heterocycles. The lowest BCUT2D eigenvalue weighted by molar-refractivity contribution is -0.0884. The van der Waals surface area contributed by atoms with Crippen molar-refractivity contribution in [3.8, 4) is 0 Å². The zero-order valence-corrected chi connectivity index (χ0v) is 13.4. The third-order valence-electron chi connectivity index (χ3n) is 4.39. The first-order chi connectivity index (χ1) is 9.59. The Morgan fingerprint density at radius 3 is 2.85 bits per heavy atom. The Bertz CT molecular complexity index is 421. The summed E-state index contributed by atoms with van der Waals surface area (Å²) < 4.78 is 8.26. The molecule has 0 aliphatic carbocycles. The van der Waals surface area contributed by atoms with Crippen LogP contribution >= 0.6 is 0 Å². The SMILES string of the molecule is CCNC(Cc1cc(C)nn1CC)C1(C)CCCCO1. The van der Waals surface area contributed by atoms with Gasteiger partial charge in [0, 0.05) is 31.3 Å². The van der Waals surface area contributed by atoms with E-state index in [4.69, 9.17) is 4.74 Å². The molecular formula is C16H29N3O. The minimum absolute atomic E-state index is 0.0506. The zero-order valence-electron chi connectivity index (χ0n) is 13.4. The van der Waals surface area contributed by atoms with Gasteiger partial charge in [0.1, 0.15) is 0 Å². The van der Waals surface area contributed by atoms with Gasteiger partial charge in [0.15, 0.2) is 0 Å². The lowest BCUT2D eigenvalue weighted by Gasteiger charge is -2.41. The Balaban J connectivity index is 2.15. The van der Waals surface area contributed by atoms with Crippen molar-refractivity contribution in [1.29, 1.82) is 0 Å². The number of likely N-dealkylation sites (N-methyl/N-ethyl adjacent to an activating group) is 1. The van der Waals surface area contributed by atoms with Gasteiger partial charge in [-0.1, -0.05) is 6.92 Å². The molecule has 2 atom stereocenters. The smallest absolute Gasteiger partial charge is 0.0810 e. The Hall–Kier alpha value is -0.870. The molecule has 0 bridgehead atoms. The van der Waals surface area contributed by atoms with Crippen molar-refractivity contribution in [2.45, 2.75) is 71.6 Å². The highest BCUT2D eigenvalue weighted by Crippen LogP contribution is 2.29. The topological polar surface area (TPSA) is 39.1 Å². The minimum Gasteiger partial charge on any atom is -0.374 e. The van der Waals surface area contributed by atoms with E-state index in [0.717, 1.165) is 38.2 Å². The highest BCUT2D eigenvalue weighted by atomic mass is 16.5. The van der Waals surface area contributed by atoms with E-state index in [1.54, 1.807) is 0 Å². The molecule has 0 amide bonds. The monoisotopic (exact) mass is 279 g/mol. The summed E-state index contributed by atoms with van der Waals surface area (Å²) in [6.45, 7) is 11.4. The molecule has 2 heterocycles. The highest BCUT2D eigenvalue weighted by Gasteiger charge is 2.36. The van der Waals surface area contributed by atoms with Crippen LogP contribution in [0.5, 0.6) is 0 Å². The summed E-state index contributed by atoms with van der Waals surface area (Å²) in [6, 6.07) is 2.56. The number of hydrogen-bond acceptors (Lipinski definition) is 3. The Kier molecular flexibility index (Phi) is 5.22. The van der Waals surface area contributed by atoms with Crippen LogP contribution in [-0.4, -0.2) is 34.6 Å². The Morgan fingerprint density at radius 1 is 1.45 bits per heavy atom. The van der Waals surface area contributed by atoms with Crippen LogP contribution in [-0.2, 0) is 17.7 Å². The van der Waals surface area contributed by atoms with Crippen LogP contribution in [0.3, 0.4) is 0 Å². The molecule has 4 nitrogen and oxygen atoms in total. The number of aryl methyl sites for hydroxylation is 2. The van der Waals surface area contributed by atoms with E-state index in [9.17, 15) is 0 Å². The molecule has 114 valence electrons. The van der Waals surface area contributed by atoms with Gasteiger partial charge in [-0.25, -0.2) is 0 Å². The van der Waals surface area contributed by atoms with Gasteiger partial charge in [-0.05, 0) is 52.6 Å². The second-order valence-corrected chi connectivity index (χ2v) is 6.03. The van der Waals surface area contributed by atoms with Gasteiger partial charge in [-0.15, -0.1) is 0 Å². The summed E-state index contributed by atoms with van der Waals surface area (Å²) in [5.41, 5.74) is 2.36. The molecule has 1 saturated heterocycles. The molecule has 4 heteroatoms. The number of hydrogen-bond donors (Lipinski definition) is 1. The summed E-state index contributed by atoms with van der Waals surface area (Å²) in [4.78, 5) is 0. The van der Waals surface area contributed by atoms with Crippen molar-refractivity contribution in [3.05, 3.63) is 17.5 Å². The maximum Gasteiger partial charge on any atom is 0.0810 e. The normalized spacial score (nSPS) is 24.8. The quantitative estimate of drug-likeness (QED) is 0.870. The fourth-order valence-corrected chi connectivity index (χ4v) is 3.23. The molecule has 0 radical (unpaired) electrons. The van der Waals surface area contributed by atoms with Gasteiger partial charge < -0.3 is 10.1 Å². The predicted octanol–water partition coefficient (Wildman–Crippen LogP) is 2.69. The van der Waals surface area contributed by atoms with Gasteiger partial charge in [0.2, 0.25) is 0 Å². The maximum absolute atomic E-state index is 6.14. The molecule has 1 aromatic heterocycles. The molecule has 1 N–H and O–H groups in total. The molecule has 0 spiro atoms. The van der Waals surface area contributed by atoms with Gasteiger partial charge >= 0.3 is 0 Å². The number of ether oxygens (including phenoxy) is 1. The third-order valence-corrected chi connectivity index (χ3v) is 4.39. The first kappa shape index (κ1) is 15.5. The van der Waals surface area contributed by atoms with E-state index in [1.807, 2.05) is 0 Å². The largest absolute Gasteiger partial charge is 0.374 e. The van der Waals surface area contributed by atoms with Crippen molar-refractivity contribution in [2.75, 3.05) is 13.2 Å². The van der Waals surface area contributed by atoms with Crippen LogP contribution in [0.15, 0.2) is 6.07 Å². The molecule has 1 aliphatic rings. The number of rotatable bonds is 6. The zero-order chi connectivity index (χ0) is 14.6. The molecule has 1 fully saturated rings. The second kappa shape index (κ2) is 6.72. The van der Waals surface area contributed by atoms with E-state index in [-0.39, 0.29) is 5.60 Å². The fourth-order valence-electron chi connectivity index (χ4n) is 3.23. The van der Waals surface area contributed by atoms with Crippen LogP contribution in [0.1, 0.15) is 51.4 Å². The van der Waals surface area contributed by atoms with Crippen LogP contribution < -0.4 is 5.32 Å². The van der Waals surface area contributed by atoms with E-state index in [1.165, 1.54) is 18.5 Å². The molecule has 0 saturated carbocycles. The lowest BCUT2D eigenvalue weighted by atomic mass is 9.85. The summed E-state index contributed by atoms with van der Waals surface area (Å²) in [5.74, 6) is 0. The first-order valence-electron chi connectivity index (χ1n) is 7.99. The Morgan fingerprint density at radius 2 is 2.25 bits per heavy atom. The average Bonchev–Trinajstić information content (AvgIpc) is 2.79. The second-order valence-electron chi connectivity index (χ2n) is 6.03. The average molecular weight is 279 g/mol. The molecule has 2 unspecified atom stereocenters. The third kappa shape index (κ3) is 3.41. The molecule has 20 heavy (non-hydrogen) atoms. The van der Waals surface area contributed by atoms with Crippen molar-refractivity contribution >= 4 is 0 Å². The fraction of sp³-hybridized carbons (Fsp3) is 0.812. The summed E-state index contributed by atoms with van der Waals surface area (Å²) in [7, 11) is 0. The highest BCUT2D eigenvalue weighted by molar-refractivity contribution is 5.12. The van der Waals surface area contributed by atoms with Crippen molar-refractivity contribution in [1.82, 2.24) is 15.1 Å². The van der Waals surface area contributed by atoms with E-state index < -0.39 is 0 Å². The van der Waals surface area contributed by atoms with E-state index >= 15 is 0 Å². The lowest BCUT2D eigenvalue weighted by Crippen LogP contribution is -2.53. The summed E-state index contributed by atoms with van der Waals surface area (Å²) in [6.07, 6.45) is 4.59. The summed E-state index contributed by atoms with van der Waals surface area (Å²) in [5, 5.41) is 8.19. The van der Waals surface area contributed by atoms with Crippen LogP contribution in [0.25, 0.3) is 0 Å². The standard InChI is InChI=1S/C16H29N3O/c1-5-17-15(16(4)9-7-8-10-20-16)12-14-11-13(3)18-19(14)6-2/h11,15,17H,5-10,12H2,1-4H3. The van der Waals surface area contributed by atoms with Gasteiger partial charge in [-0.2, -0.15) is 5.10 Å². The molecule has 1 aromatic rings. The molecule has 2 rings (SSSR count). The van der Waals surface area contributed by atoms with E-state index in [0.29, 0.717) is 6.04 Å². The number of aromatic nitrogens is 2. The number of nitrogens with zero attached hydrogens (tertiary/aromatic N) is 2. The van der Waals surface area contributed by atoms with Crippen LogP contribution in [0.4, 0.5) is 0 Å². The van der Waals surface area contributed by atoms with Gasteiger partial charge in [0.05, 0.1) is 11.3 Å². The Labute approximate surface area is 122 Å². The van der Waals surface area contributed by atoms with E-state index in [2.05, 4.69) is 48.9 Å². The maximum atomic E-state index is 6.14. The van der Waals surface area contributed by atoms with Crippen molar-refractivity contribution in [2.24, 2.45) is 0 Å².